The van der Waals surface area contributed by atoms with Crippen LogP contribution in [0.4, 0.5) is 0 Å². The third kappa shape index (κ3) is 4.19. The number of nitrogens with zero attached hydrogens (tertiary/aromatic N) is 1. The molecule has 32 heavy (non-hydrogen) atoms. The van der Waals surface area contributed by atoms with E-state index in [2.05, 4.69) is 24.3 Å². The molecule has 0 amide bonds. The van der Waals surface area contributed by atoms with Crippen LogP contribution in [0, 0.1) is 0 Å². The second-order valence-corrected chi connectivity index (χ2v) is 8.73. The molecular formula is C25H29NO6. The van der Waals surface area contributed by atoms with Crippen LogP contribution in [0.5, 0.6) is 0 Å². The third-order valence-electron chi connectivity index (χ3n) is 6.73. The van der Waals surface area contributed by atoms with Crippen molar-refractivity contribution in [3.63, 3.8) is 0 Å². The minimum Gasteiger partial charge on any atom is -0.480 e. The van der Waals surface area contributed by atoms with Crippen LogP contribution < -0.4 is 0 Å². The molecule has 2 saturated heterocycles. The first-order valence-corrected chi connectivity index (χ1v) is 11.4. The molecule has 4 atom stereocenters. The van der Waals surface area contributed by atoms with E-state index in [1.54, 1.807) is 0 Å². The lowest BCUT2D eigenvalue weighted by atomic mass is 9.98. The van der Waals surface area contributed by atoms with Crippen LogP contribution in [0.3, 0.4) is 0 Å². The van der Waals surface area contributed by atoms with Crippen LogP contribution in [0.1, 0.15) is 42.7 Å². The Balaban J connectivity index is 1.26. The largest absolute Gasteiger partial charge is 0.480 e. The minimum atomic E-state index is -1.32. The molecule has 2 aliphatic heterocycles. The van der Waals surface area contributed by atoms with Gasteiger partial charge in [0.25, 0.3) is 0 Å². The number of hydrogen-bond acceptors (Lipinski definition) is 6. The second-order valence-electron chi connectivity index (χ2n) is 8.73. The first kappa shape index (κ1) is 21.6. The van der Waals surface area contributed by atoms with Crippen LogP contribution in [0.25, 0.3) is 11.1 Å². The Morgan fingerprint density at radius 2 is 1.78 bits per heavy atom. The van der Waals surface area contributed by atoms with Gasteiger partial charge in [-0.15, -0.1) is 0 Å². The molecule has 2 fully saturated rings. The molecule has 5 rings (SSSR count). The fourth-order valence-electron chi connectivity index (χ4n) is 5.16. The van der Waals surface area contributed by atoms with Gasteiger partial charge in [-0.1, -0.05) is 48.5 Å². The molecule has 2 aromatic rings. The second kappa shape index (κ2) is 9.29. The number of ether oxygens (including phenoxy) is 3. The Kier molecular flexibility index (Phi) is 6.26. The van der Waals surface area contributed by atoms with Gasteiger partial charge >= 0.3 is 5.97 Å². The van der Waals surface area contributed by atoms with Gasteiger partial charge in [0.2, 0.25) is 6.41 Å². The smallest absolute Gasteiger partial charge is 0.321 e. The van der Waals surface area contributed by atoms with Gasteiger partial charge < -0.3 is 24.4 Å². The van der Waals surface area contributed by atoms with Gasteiger partial charge in [0, 0.05) is 25.5 Å². The van der Waals surface area contributed by atoms with E-state index in [0.717, 1.165) is 30.4 Å². The summed E-state index contributed by atoms with van der Waals surface area (Å²) < 4.78 is 17.5. The molecule has 7 nitrogen and oxygen atoms in total. The number of likely N-dealkylation sites (tertiary alicyclic amines) is 1. The van der Waals surface area contributed by atoms with E-state index in [-0.39, 0.29) is 31.5 Å². The third-order valence-corrected chi connectivity index (χ3v) is 6.73. The normalized spacial score (nSPS) is 26.6. The van der Waals surface area contributed by atoms with Gasteiger partial charge in [-0.05, 0) is 41.5 Å². The zero-order valence-electron chi connectivity index (χ0n) is 17.9. The molecule has 0 radical (unpaired) electrons. The van der Waals surface area contributed by atoms with Gasteiger partial charge in [0.05, 0.1) is 12.7 Å². The van der Waals surface area contributed by atoms with Crippen LogP contribution in [0.2, 0.25) is 0 Å². The van der Waals surface area contributed by atoms with Crippen LogP contribution >= 0.6 is 0 Å². The van der Waals surface area contributed by atoms with Gasteiger partial charge in [-0.25, -0.2) is 4.90 Å². The number of aliphatic carboxylic acids is 1. The molecule has 2 N–H and O–H groups in total. The van der Waals surface area contributed by atoms with Crippen molar-refractivity contribution in [1.29, 1.82) is 0 Å². The number of hydrogen-bond donors (Lipinski definition) is 2. The monoisotopic (exact) mass is 439 g/mol. The minimum absolute atomic E-state index is 0.00869. The Morgan fingerprint density at radius 3 is 2.41 bits per heavy atom. The summed E-state index contributed by atoms with van der Waals surface area (Å²) in [7, 11) is 0. The fraction of sp³-hybridized carbons (Fsp3) is 0.480. The molecule has 0 spiro atoms. The highest BCUT2D eigenvalue weighted by Crippen LogP contribution is 2.44. The van der Waals surface area contributed by atoms with E-state index >= 15 is 0 Å². The molecule has 2 heterocycles. The average molecular weight is 440 g/mol. The molecule has 0 aromatic heterocycles. The summed E-state index contributed by atoms with van der Waals surface area (Å²) in [5.74, 6) is -0.995. The number of aliphatic hydroxyl groups is 1. The van der Waals surface area contributed by atoms with Crippen molar-refractivity contribution in [2.75, 3.05) is 19.8 Å². The van der Waals surface area contributed by atoms with Gasteiger partial charge in [0.1, 0.15) is 6.04 Å². The van der Waals surface area contributed by atoms with Crippen LogP contribution in [-0.2, 0) is 19.0 Å². The highest BCUT2D eigenvalue weighted by Gasteiger charge is 2.42. The Morgan fingerprint density at radius 1 is 1.09 bits per heavy atom. The van der Waals surface area contributed by atoms with E-state index in [0.29, 0.717) is 13.0 Å². The summed E-state index contributed by atoms with van der Waals surface area (Å²) in [4.78, 5) is 13.3. The maximum atomic E-state index is 11.8. The van der Waals surface area contributed by atoms with Crippen LogP contribution in [0.15, 0.2) is 48.5 Å². The number of benzene rings is 2. The fourth-order valence-corrected chi connectivity index (χ4v) is 5.16. The molecule has 170 valence electrons. The highest BCUT2D eigenvalue weighted by molar-refractivity contribution is 5.78. The summed E-state index contributed by atoms with van der Waals surface area (Å²) in [6, 6.07) is 15.5. The molecule has 2 aromatic carbocycles. The first-order chi connectivity index (χ1) is 15.6. The summed E-state index contributed by atoms with van der Waals surface area (Å²) >= 11 is 0. The summed E-state index contributed by atoms with van der Waals surface area (Å²) in [6.45, 7) is 1.21. The lowest BCUT2D eigenvalue weighted by Crippen LogP contribution is -2.45. The standard InChI is InChI=1S/C25H29NO6/c27-24(28)22-13-16(32-23-11-5-6-12-30-23)14-26(22)25(29)31-15-21-19-9-3-1-7-17(19)18-8-2-4-10-20(18)21/h1-4,7-10,16,21-23,25,29H,5-6,11-15H2,(H,27,28)/t16-,22+,23?,25?/m1/s1. The van der Waals surface area contributed by atoms with E-state index in [1.165, 1.54) is 16.0 Å². The Labute approximate surface area is 187 Å². The summed E-state index contributed by atoms with van der Waals surface area (Å²) in [5.41, 5.74) is 4.67. The Hall–Kier alpha value is -2.29. The van der Waals surface area contributed by atoms with E-state index in [1.807, 2.05) is 24.3 Å². The molecule has 3 aliphatic rings. The zero-order valence-corrected chi connectivity index (χ0v) is 17.9. The lowest BCUT2D eigenvalue weighted by Gasteiger charge is -2.28. The van der Waals surface area contributed by atoms with Gasteiger partial charge in [-0.2, -0.15) is 0 Å². The number of carboxylic acid groups (broad SMARTS) is 1. The van der Waals surface area contributed by atoms with Crippen LogP contribution in [-0.4, -0.2) is 65.7 Å². The maximum absolute atomic E-state index is 11.8. The number of rotatable bonds is 7. The topological polar surface area (TPSA) is 88.5 Å². The predicted molar refractivity (Wildman–Crippen MR) is 117 cm³/mol. The van der Waals surface area contributed by atoms with Crippen molar-refractivity contribution in [3.05, 3.63) is 59.7 Å². The quantitative estimate of drug-likeness (QED) is 0.641. The van der Waals surface area contributed by atoms with Crippen molar-refractivity contribution >= 4 is 5.97 Å². The molecule has 0 bridgehead atoms. The van der Waals surface area contributed by atoms with Crippen molar-refractivity contribution in [2.24, 2.45) is 0 Å². The number of fused-ring (bicyclic) bond motifs is 3. The number of aliphatic hydroxyl groups excluding tert-OH is 1. The first-order valence-electron chi connectivity index (χ1n) is 11.4. The number of carboxylic acids is 1. The van der Waals surface area contributed by atoms with E-state index in [4.69, 9.17) is 14.2 Å². The summed E-state index contributed by atoms with van der Waals surface area (Å²) in [5, 5.41) is 20.5. The maximum Gasteiger partial charge on any atom is 0.321 e. The van der Waals surface area contributed by atoms with Crippen molar-refractivity contribution in [2.45, 2.75) is 56.5 Å². The molecule has 1 aliphatic carbocycles. The molecule has 0 saturated carbocycles. The van der Waals surface area contributed by atoms with E-state index in [9.17, 15) is 15.0 Å². The zero-order chi connectivity index (χ0) is 22.1. The van der Waals surface area contributed by atoms with Crippen molar-refractivity contribution in [1.82, 2.24) is 4.90 Å². The highest BCUT2D eigenvalue weighted by atomic mass is 16.7. The molecule has 2 unspecified atom stereocenters. The predicted octanol–water partition coefficient (Wildman–Crippen LogP) is 3.16. The van der Waals surface area contributed by atoms with Gasteiger partial charge in [-0.3, -0.25) is 4.79 Å². The Bertz CT molecular complexity index is 913. The molecule has 7 heteroatoms. The van der Waals surface area contributed by atoms with E-state index < -0.39 is 18.4 Å². The van der Waals surface area contributed by atoms with Crippen molar-refractivity contribution < 1.29 is 29.2 Å². The molecular weight excluding hydrogens is 410 g/mol. The number of carbonyl (C=O) groups is 1. The lowest BCUT2D eigenvalue weighted by molar-refractivity contribution is -0.211. The SMILES string of the molecule is O=C(O)[C@@H]1C[C@@H](OC2CCCCO2)CN1C(O)OCC1c2ccccc2-c2ccccc21. The van der Waals surface area contributed by atoms with Crippen molar-refractivity contribution in [3.8, 4) is 11.1 Å². The van der Waals surface area contributed by atoms with Gasteiger partial charge in [0.15, 0.2) is 6.29 Å². The average Bonchev–Trinajstić information content (AvgIpc) is 3.38. The summed E-state index contributed by atoms with van der Waals surface area (Å²) in [6.07, 6.45) is 1.24.